The molecule has 1 aromatic rings. The third-order valence-electron chi connectivity index (χ3n) is 1.18. The van der Waals surface area contributed by atoms with Crippen molar-refractivity contribution in [3.63, 3.8) is 0 Å². The molecule has 12 heavy (non-hydrogen) atoms. The minimum atomic E-state index is -4.56. The van der Waals surface area contributed by atoms with Crippen molar-refractivity contribution in [2.45, 2.75) is 13.1 Å². The second kappa shape index (κ2) is 2.69. The number of hydrogen-bond donors (Lipinski definition) is 0. The molecule has 1 aromatic heterocycles. The van der Waals surface area contributed by atoms with Gasteiger partial charge in [0, 0.05) is 0 Å². The first-order valence-electron chi connectivity index (χ1n) is 2.97. The third kappa shape index (κ3) is 1.69. The van der Waals surface area contributed by atoms with E-state index in [2.05, 4.69) is 9.97 Å². The second-order valence-corrected chi connectivity index (χ2v) is 2.13. The van der Waals surface area contributed by atoms with Crippen LogP contribution in [0.4, 0.5) is 17.6 Å². The number of alkyl halides is 3. The van der Waals surface area contributed by atoms with Gasteiger partial charge >= 0.3 is 6.18 Å². The number of aromatic nitrogens is 2. The molecule has 0 aliphatic rings. The fourth-order valence-electron chi connectivity index (χ4n) is 0.603. The predicted octanol–water partition coefficient (Wildman–Crippen LogP) is 1.94. The zero-order valence-electron chi connectivity index (χ0n) is 5.98. The fraction of sp³-hybridized carbons (Fsp3) is 0.333. The van der Waals surface area contributed by atoms with Crippen LogP contribution < -0.4 is 0 Å². The molecule has 0 N–H and O–H groups in total. The SMILES string of the molecule is Cc1nc(C(F)(F)F)cnc1F. The molecule has 0 bridgehead atoms. The summed E-state index contributed by atoms with van der Waals surface area (Å²) >= 11 is 0. The zero-order valence-corrected chi connectivity index (χ0v) is 5.98. The van der Waals surface area contributed by atoms with Crippen LogP contribution in [0.3, 0.4) is 0 Å². The molecule has 6 heteroatoms. The molecule has 0 atom stereocenters. The monoisotopic (exact) mass is 180 g/mol. The lowest BCUT2D eigenvalue weighted by Gasteiger charge is -2.04. The lowest BCUT2D eigenvalue weighted by atomic mass is 10.4. The Morgan fingerprint density at radius 1 is 1.33 bits per heavy atom. The summed E-state index contributed by atoms with van der Waals surface area (Å²) in [6.07, 6.45) is -4.20. The second-order valence-electron chi connectivity index (χ2n) is 2.13. The standard InChI is InChI=1S/C6H4F4N2/c1-3-5(7)11-2-4(12-3)6(8,9)10/h2H,1H3. The number of aryl methyl sites for hydroxylation is 1. The Bertz CT molecular complexity index is 294. The molecule has 0 aliphatic carbocycles. The van der Waals surface area contributed by atoms with Gasteiger partial charge in [-0.3, -0.25) is 0 Å². The first-order chi connectivity index (χ1) is 5.41. The number of nitrogens with zero attached hydrogens (tertiary/aromatic N) is 2. The van der Waals surface area contributed by atoms with Gasteiger partial charge < -0.3 is 0 Å². The summed E-state index contributed by atoms with van der Waals surface area (Å²) in [6.45, 7) is 1.12. The molecular weight excluding hydrogens is 176 g/mol. The predicted molar refractivity (Wildman–Crippen MR) is 31.7 cm³/mol. The zero-order chi connectivity index (χ0) is 9.35. The summed E-state index contributed by atoms with van der Waals surface area (Å²) < 4.78 is 48.0. The smallest absolute Gasteiger partial charge is 0.242 e. The first kappa shape index (κ1) is 8.89. The van der Waals surface area contributed by atoms with E-state index in [0.717, 1.165) is 6.92 Å². The topological polar surface area (TPSA) is 25.8 Å². The highest BCUT2D eigenvalue weighted by Crippen LogP contribution is 2.26. The van der Waals surface area contributed by atoms with Gasteiger partial charge in [0.2, 0.25) is 5.95 Å². The Kier molecular flexibility index (Phi) is 1.99. The maximum atomic E-state index is 12.3. The molecule has 0 aliphatic heterocycles. The van der Waals surface area contributed by atoms with E-state index in [1.165, 1.54) is 0 Å². The van der Waals surface area contributed by atoms with E-state index in [9.17, 15) is 17.6 Å². The minimum Gasteiger partial charge on any atom is -0.242 e. The van der Waals surface area contributed by atoms with Crippen molar-refractivity contribution < 1.29 is 17.6 Å². The molecule has 1 rings (SSSR count). The Labute approximate surface area is 65.3 Å². The molecule has 66 valence electrons. The van der Waals surface area contributed by atoms with E-state index in [1.807, 2.05) is 0 Å². The Morgan fingerprint density at radius 3 is 2.33 bits per heavy atom. The molecule has 0 amide bonds. The maximum absolute atomic E-state index is 12.3. The molecular formula is C6H4F4N2. The largest absolute Gasteiger partial charge is 0.434 e. The van der Waals surface area contributed by atoms with Gasteiger partial charge in [-0.05, 0) is 6.92 Å². The number of rotatable bonds is 0. The average molecular weight is 180 g/mol. The van der Waals surface area contributed by atoms with Gasteiger partial charge in [0.05, 0.1) is 11.9 Å². The Balaban J connectivity index is 3.14. The highest BCUT2D eigenvalue weighted by Gasteiger charge is 2.33. The van der Waals surface area contributed by atoms with Gasteiger partial charge in [0.15, 0.2) is 5.69 Å². The van der Waals surface area contributed by atoms with Crippen molar-refractivity contribution >= 4 is 0 Å². The highest BCUT2D eigenvalue weighted by molar-refractivity contribution is 5.06. The lowest BCUT2D eigenvalue weighted by Crippen LogP contribution is -2.10. The van der Waals surface area contributed by atoms with Crippen LogP contribution in [0.15, 0.2) is 6.20 Å². The molecule has 0 spiro atoms. The fourth-order valence-corrected chi connectivity index (χ4v) is 0.603. The van der Waals surface area contributed by atoms with Crippen molar-refractivity contribution in [1.29, 1.82) is 0 Å². The van der Waals surface area contributed by atoms with E-state index in [4.69, 9.17) is 0 Å². The molecule has 0 saturated carbocycles. The van der Waals surface area contributed by atoms with E-state index in [-0.39, 0.29) is 5.69 Å². The molecule has 0 radical (unpaired) electrons. The molecule has 0 saturated heterocycles. The van der Waals surface area contributed by atoms with Crippen LogP contribution in [0.5, 0.6) is 0 Å². The summed E-state index contributed by atoms with van der Waals surface area (Å²) in [4.78, 5) is 5.88. The van der Waals surface area contributed by atoms with Gasteiger partial charge in [-0.1, -0.05) is 0 Å². The molecule has 1 heterocycles. The summed E-state index contributed by atoms with van der Waals surface area (Å²) in [6, 6.07) is 0. The molecule has 0 aromatic carbocycles. The third-order valence-corrected chi connectivity index (χ3v) is 1.18. The highest BCUT2D eigenvalue weighted by atomic mass is 19.4. The van der Waals surface area contributed by atoms with Crippen LogP contribution >= 0.6 is 0 Å². The number of hydrogen-bond acceptors (Lipinski definition) is 2. The van der Waals surface area contributed by atoms with Crippen LogP contribution in [0.25, 0.3) is 0 Å². The van der Waals surface area contributed by atoms with Crippen molar-refractivity contribution in [2.24, 2.45) is 0 Å². The minimum absolute atomic E-state index is 0.357. The van der Waals surface area contributed by atoms with Crippen LogP contribution in [0.2, 0.25) is 0 Å². The van der Waals surface area contributed by atoms with Crippen molar-refractivity contribution in [3.8, 4) is 0 Å². The summed E-state index contributed by atoms with van der Waals surface area (Å²) in [5, 5.41) is 0. The summed E-state index contributed by atoms with van der Waals surface area (Å²) in [7, 11) is 0. The normalized spacial score (nSPS) is 11.8. The van der Waals surface area contributed by atoms with Crippen LogP contribution in [0, 0.1) is 12.9 Å². The van der Waals surface area contributed by atoms with Crippen LogP contribution in [-0.4, -0.2) is 9.97 Å². The molecule has 0 fully saturated rings. The lowest BCUT2D eigenvalue weighted by molar-refractivity contribution is -0.141. The van der Waals surface area contributed by atoms with E-state index < -0.39 is 17.8 Å². The van der Waals surface area contributed by atoms with Crippen molar-refractivity contribution in [1.82, 2.24) is 9.97 Å². The first-order valence-corrected chi connectivity index (χ1v) is 2.97. The van der Waals surface area contributed by atoms with Crippen molar-refractivity contribution in [2.75, 3.05) is 0 Å². The Morgan fingerprint density at radius 2 is 1.92 bits per heavy atom. The maximum Gasteiger partial charge on any atom is 0.434 e. The number of halogens is 4. The quantitative estimate of drug-likeness (QED) is 0.570. The van der Waals surface area contributed by atoms with E-state index in [1.54, 1.807) is 0 Å². The van der Waals surface area contributed by atoms with Gasteiger partial charge in [0.1, 0.15) is 0 Å². The summed E-state index contributed by atoms with van der Waals surface area (Å²) in [5.74, 6) is -0.983. The van der Waals surface area contributed by atoms with Crippen LogP contribution in [-0.2, 0) is 6.18 Å². The summed E-state index contributed by atoms with van der Waals surface area (Å²) in [5.41, 5.74) is -1.54. The van der Waals surface area contributed by atoms with Gasteiger partial charge in [-0.25, -0.2) is 9.97 Å². The Hall–Kier alpha value is -1.20. The van der Waals surface area contributed by atoms with Crippen LogP contribution in [0.1, 0.15) is 11.4 Å². The van der Waals surface area contributed by atoms with Gasteiger partial charge in [-0.15, -0.1) is 0 Å². The molecule has 2 nitrogen and oxygen atoms in total. The van der Waals surface area contributed by atoms with E-state index >= 15 is 0 Å². The van der Waals surface area contributed by atoms with E-state index in [0.29, 0.717) is 6.20 Å². The van der Waals surface area contributed by atoms with Gasteiger partial charge in [-0.2, -0.15) is 17.6 Å². The van der Waals surface area contributed by atoms with Gasteiger partial charge in [0.25, 0.3) is 0 Å². The molecule has 0 unspecified atom stereocenters. The average Bonchev–Trinajstić information content (AvgIpc) is 1.92. The van der Waals surface area contributed by atoms with Crippen molar-refractivity contribution in [3.05, 3.63) is 23.5 Å².